The highest BCUT2D eigenvalue weighted by atomic mass is 35.5. The van der Waals surface area contributed by atoms with E-state index < -0.39 is 26.4 Å². The van der Waals surface area contributed by atoms with Crippen molar-refractivity contribution >= 4 is 56.2 Å². The molecule has 0 unspecified atom stereocenters. The molecule has 2 rings (SSSR count). The number of sulfonamides is 1. The van der Waals surface area contributed by atoms with E-state index in [9.17, 15) is 12.8 Å². The highest BCUT2D eigenvalue weighted by molar-refractivity contribution is 7.92. The molecule has 1 aromatic heterocycles. The van der Waals surface area contributed by atoms with Crippen LogP contribution < -0.4 is 10.5 Å². The van der Waals surface area contributed by atoms with Crippen LogP contribution in [0, 0.1) is 5.82 Å². The van der Waals surface area contributed by atoms with Crippen molar-refractivity contribution < 1.29 is 12.8 Å². The summed E-state index contributed by atoms with van der Waals surface area (Å²) >= 11 is 17.1. The Labute approximate surface area is 134 Å². The van der Waals surface area contributed by atoms with Gasteiger partial charge in [-0.05, 0) is 12.1 Å². The van der Waals surface area contributed by atoms with Gasteiger partial charge in [0.2, 0.25) is 0 Å². The number of benzene rings is 1. The maximum atomic E-state index is 13.9. The molecule has 2 aromatic rings. The quantitative estimate of drug-likeness (QED) is 0.638. The van der Waals surface area contributed by atoms with Gasteiger partial charge in [0.15, 0.2) is 16.1 Å². The van der Waals surface area contributed by atoms with Crippen molar-refractivity contribution in [2.24, 2.45) is 0 Å². The van der Waals surface area contributed by atoms with E-state index in [1.54, 1.807) is 0 Å². The summed E-state index contributed by atoms with van der Waals surface area (Å²) in [6.07, 6.45) is 1.04. The van der Waals surface area contributed by atoms with E-state index in [0.29, 0.717) is 0 Å². The van der Waals surface area contributed by atoms with Crippen LogP contribution in [-0.4, -0.2) is 18.4 Å². The molecule has 0 amide bonds. The fourth-order valence-electron chi connectivity index (χ4n) is 1.40. The lowest BCUT2D eigenvalue weighted by Gasteiger charge is -2.11. The van der Waals surface area contributed by atoms with E-state index in [1.165, 1.54) is 0 Å². The zero-order valence-corrected chi connectivity index (χ0v) is 13.0. The second-order valence-corrected chi connectivity index (χ2v) is 6.55. The minimum absolute atomic E-state index is 0.0456. The Bertz CT molecular complexity index is 796. The number of anilines is 2. The second-order valence-electron chi connectivity index (χ2n) is 3.74. The van der Waals surface area contributed by atoms with Gasteiger partial charge in [-0.1, -0.05) is 34.8 Å². The number of rotatable bonds is 3. The summed E-state index contributed by atoms with van der Waals surface area (Å²) in [6.45, 7) is 0. The SMILES string of the molecule is Nc1cc(Cl)cc(S(=O)(=O)Nc2c(Cl)ncnc2Cl)c1F. The van der Waals surface area contributed by atoms with Gasteiger partial charge in [0.05, 0.1) is 5.69 Å². The highest BCUT2D eigenvalue weighted by Crippen LogP contribution is 2.31. The molecular formula is C10H6Cl3FN4O2S. The third kappa shape index (κ3) is 3.29. The molecule has 0 aliphatic rings. The van der Waals surface area contributed by atoms with Crippen LogP contribution in [0.5, 0.6) is 0 Å². The molecule has 0 radical (unpaired) electrons. The standard InChI is InChI=1S/C10H6Cl3FN4O2S/c11-4-1-5(15)7(14)6(2-4)21(19,20)18-8-9(12)16-3-17-10(8)13/h1-3,18H,15H2. The van der Waals surface area contributed by atoms with Crippen LogP contribution in [0.4, 0.5) is 15.8 Å². The van der Waals surface area contributed by atoms with E-state index in [-0.39, 0.29) is 21.0 Å². The van der Waals surface area contributed by atoms with Crippen LogP contribution in [0.15, 0.2) is 23.4 Å². The first kappa shape index (κ1) is 16.0. The van der Waals surface area contributed by atoms with Gasteiger partial charge in [0.25, 0.3) is 10.0 Å². The van der Waals surface area contributed by atoms with Crippen molar-refractivity contribution in [2.45, 2.75) is 4.90 Å². The van der Waals surface area contributed by atoms with Crippen molar-refractivity contribution in [1.82, 2.24) is 9.97 Å². The smallest absolute Gasteiger partial charge is 0.265 e. The van der Waals surface area contributed by atoms with E-state index in [0.717, 1.165) is 18.5 Å². The molecule has 1 aromatic carbocycles. The van der Waals surface area contributed by atoms with Gasteiger partial charge in [-0.2, -0.15) is 0 Å². The van der Waals surface area contributed by atoms with Crippen LogP contribution in [0.3, 0.4) is 0 Å². The topological polar surface area (TPSA) is 98.0 Å². The number of nitrogens with one attached hydrogen (secondary N) is 1. The Morgan fingerprint density at radius 1 is 1.14 bits per heavy atom. The molecule has 11 heteroatoms. The van der Waals surface area contributed by atoms with Crippen molar-refractivity contribution in [3.8, 4) is 0 Å². The Morgan fingerprint density at radius 3 is 2.29 bits per heavy atom. The molecule has 112 valence electrons. The van der Waals surface area contributed by atoms with Crippen LogP contribution in [0.2, 0.25) is 15.3 Å². The van der Waals surface area contributed by atoms with Crippen LogP contribution >= 0.6 is 34.8 Å². The van der Waals surface area contributed by atoms with Gasteiger partial charge >= 0.3 is 0 Å². The van der Waals surface area contributed by atoms with Crippen LogP contribution in [-0.2, 0) is 10.0 Å². The molecule has 0 aliphatic heterocycles. The first-order valence-corrected chi connectivity index (χ1v) is 7.77. The zero-order valence-electron chi connectivity index (χ0n) is 9.94. The summed E-state index contributed by atoms with van der Waals surface area (Å²) in [5.41, 5.74) is 4.65. The number of nitrogen functional groups attached to an aromatic ring is 1. The Morgan fingerprint density at radius 2 is 1.71 bits per heavy atom. The Hall–Kier alpha value is -1.35. The van der Waals surface area contributed by atoms with E-state index >= 15 is 0 Å². The van der Waals surface area contributed by atoms with Crippen LogP contribution in [0.1, 0.15) is 0 Å². The summed E-state index contributed by atoms with van der Waals surface area (Å²) in [7, 11) is -4.37. The first-order chi connectivity index (χ1) is 9.72. The summed E-state index contributed by atoms with van der Waals surface area (Å²) in [5, 5.41) is -0.529. The molecule has 0 saturated heterocycles. The average Bonchev–Trinajstić information content (AvgIpc) is 2.38. The number of hydrogen-bond donors (Lipinski definition) is 2. The number of nitrogens with zero attached hydrogens (tertiary/aromatic N) is 2. The van der Waals surface area contributed by atoms with Crippen molar-refractivity contribution in [3.05, 3.63) is 39.6 Å². The number of hydrogen-bond acceptors (Lipinski definition) is 5. The fourth-order valence-corrected chi connectivity index (χ4v) is 3.42. The summed E-state index contributed by atoms with van der Waals surface area (Å²) in [4.78, 5) is 6.40. The number of aromatic nitrogens is 2. The number of nitrogens with two attached hydrogens (primary N) is 1. The largest absolute Gasteiger partial charge is 0.396 e. The lowest BCUT2D eigenvalue weighted by atomic mass is 10.3. The molecule has 21 heavy (non-hydrogen) atoms. The second kappa shape index (κ2) is 5.80. The minimum Gasteiger partial charge on any atom is -0.396 e. The lowest BCUT2D eigenvalue weighted by Crippen LogP contribution is -2.16. The predicted octanol–water partition coefficient (Wildman–Crippen LogP) is 2.96. The zero-order chi connectivity index (χ0) is 15.8. The van der Waals surface area contributed by atoms with Gasteiger partial charge in [0, 0.05) is 5.02 Å². The minimum atomic E-state index is -4.37. The molecule has 1 heterocycles. The van der Waals surface area contributed by atoms with Gasteiger partial charge in [-0.25, -0.2) is 22.8 Å². The lowest BCUT2D eigenvalue weighted by molar-refractivity contribution is 0.573. The Balaban J connectivity index is 2.54. The molecule has 0 atom stereocenters. The van der Waals surface area contributed by atoms with E-state index in [4.69, 9.17) is 40.5 Å². The fraction of sp³-hybridized carbons (Fsp3) is 0. The molecule has 0 saturated carbocycles. The van der Waals surface area contributed by atoms with Crippen molar-refractivity contribution in [3.63, 3.8) is 0 Å². The van der Waals surface area contributed by atoms with Crippen molar-refractivity contribution in [2.75, 3.05) is 10.5 Å². The first-order valence-electron chi connectivity index (χ1n) is 5.15. The third-order valence-corrected chi connectivity index (χ3v) is 4.45. The molecule has 0 bridgehead atoms. The monoisotopic (exact) mass is 370 g/mol. The normalized spacial score (nSPS) is 11.4. The van der Waals surface area contributed by atoms with E-state index in [1.807, 2.05) is 4.72 Å². The summed E-state index contributed by atoms with van der Waals surface area (Å²) in [5.74, 6) is -1.14. The molecule has 0 spiro atoms. The molecule has 3 N–H and O–H groups in total. The van der Waals surface area contributed by atoms with Gasteiger partial charge in [-0.15, -0.1) is 0 Å². The van der Waals surface area contributed by atoms with Gasteiger partial charge in [0.1, 0.15) is 16.9 Å². The maximum absolute atomic E-state index is 13.9. The highest BCUT2D eigenvalue weighted by Gasteiger charge is 2.24. The summed E-state index contributed by atoms with van der Waals surface area (Å²) in [6, 6.07) is 1.99. The van der Waals surface area contributed by atoms with E-state index in [2.05, 4.69) is 9.97 Å². The average molecular weight is 372 g/mol. The molecule has 0 fully saturated rings. The molecule has 0 aliphatic carbocycles. The van der Waals surface area contributed by atoms with Crippen LogP contribution in [0.25, 0.3) is 0 Å². The number of halogens is 4. The summed E-state index contributed by atoms with van der Waals surface area (Å²) < 4.78 is 40.3. The Kier molecular flexibility index (Phi) is 4.43. The maximum Gasteiger partial charge on any atom is 0.265 e. The third-order valence-electron chi connectivity index (χ3n) is 2.31. The van der Waals surface area contributed by atoms with Gasteiger partial charge in [-0.3, -0.25) is 4.72 Å². The van der Waals surface area contributed by atoms with Gasteiger partial charge < -0.3 is 5.73 Å². The van der Waals surface area contributed by atoms with Crippen molar-refractivity contribution in [1.29, 1.82) is 0 Å². The molecule has 6 nitrogen and oxygen atoms in total. The predicted molar refractivity (Wildman–Crippen MR) is 78.7 cm³/mol. The molecular weight excluding hydrogens is 366 g/mol.